The molecule has 0 N–H and O–H groups in total. The van der Waals surface area contributed by atoms with Crippen molar-refractivity contribution in [3.63, 3.8) is 0 Å². The molecule has 0 aliphatic carbocycles. The van der Waals surface area contributed by atoms with Gasteiger partial charge in [0.2, 0.25) is 5.91 Å². The minimum atomic E-state index is 0.243. The molecule has 0 bridgehead atoms. The summed E-state index contributed by atoms with van der Waals surface area (Å²) in [5, 5.41) is 1.91. The number of para-hydroxylation sites is 1. The molecule has 0 unspecified atom stereocenters. The van der Waals surface area contributed by atoms with Crippen molar-refractivity contribution in [3.8, 4) is 0 Å². The summed E-state index contributed by atoms with van der Waals surface area (Å²) in [7, 11) is 0. The Morgan fingerprint density at radius 1 is 1.19 bits per heavy atom. The minimum absolute atomic E-state index is 0.243. The first kappa shape index (κ1) is 18.1. The van der Waals surface area contributed by atoms with E-state index in [1.807, 2.05) is 29.2 Å². The molecule has 1 fully saturated rings. The lowest BCUT2D eigenvalue weighted by Crippen LogP contribution is -2.39. The highest BCUT2D eigenvalue weighted by atomic mass is 35.5. The third-order valence-electron chi connectivity index (χ3n) is 5.46. The lowest BCUT2D eigenvalue weighted by Gasteiger charge is -2.31. The standard InChI is InChI=1S/C23H25ClN2O/c1-17-6-5-11-25(14-17)23(27)13-19-16-26(22-10-3-2-9-21(19)22)15-18-7-4-8-20(24)12-18/h2-4,7-10,12,16-17H,5-6,11,13-15H2,1H3/t17-/m1/s1. The summed E-state index contributed by atoms with van der Waals surface area (Å²) in [6, 6.07) is 16.3. The van der Waals surface area contributed by atoms with Crippen LogP contribution in [-0.4, -0.2) is 28.5 Å². The Labute approximate surface area is 165 Å². The Morgan fingerprint density at radius 3 is 2.85 bits per heavy atom. The lowest BCUT2D eigenvalue weighted by atomic mass is 9.99. The van der Waals surface area contributed by atoms with Gasteiger partial charge in [0.15, 0.2) is 0 Å². The van der Waals surface area contributed by atoms with Crippen LogP contribution in [0.5, 0.6) is 0 Å². The first-order chi connectivity index (χ1) is 13.1. The molecule has 27 heavy (non-hydrogen) atoms. The highest BCUT2D eigenvalue weighted by Crippen LogP contribution is 2.25. The van der Waals surface area contributed by atoms with Crippen LogP contribution in [0.25, 0.3) is 10.9 Å². The predicted molar refractivity (Wildman–Crippen MR) is 111 cm³/mol. The second-order valence-electron chi connectivity index (χ2n) is 7.69. The molecule has 1 aliphatic heterocycles. The van der Waals surface area contributed by atoms with Crippen molar-refractivity contribution >= 4 is 28.4 Å². The van der Waals surface area contributed by atoms with Gasteiger partial charge in [0.05, 0.1) is 6.42 Å². The lowest BCUT2D eigenvalue weighted by molar-refractivity contribution is -0.132. The molecule has 2 aromatic carbocycles. The van der Waals surface area contributed by atoms with Crippen molar-refractivity contribution in [2.45, 2.75) is 32.7 Å². The molecule has 1 atom stereocenters. The van der Waals surface area contributed by atoms with E-state index < -0.39 is 0 Å². The van der Waals surface area contributed by atoms with Crippen LogP contribution in [0, 0.1) is 5.92 Å². The van der Waals surface area contributed by atoms with Gasteiger partial charge < -0.3 is 9.47 Å². The van der Waals surface area contributed by atoms with Gasteiger partial charge in [-0.25, -0.2) is 0 Å². The Hall–Kier alpha value is -2.26. The van der Waals surface area contributed by atoms with E-state index in [-0.39, 0.29) is 5.91 Å². The van der Waals surface area contributed by atoms with Gasteiger partial charge in [0.1, 0.15) is 0 Å². The number of hydrogen-bond acceptors (Lipinski definition) is 1. The van der Waals surface area contributed by atoms with E-state index in [1.54, 1.807) is 0 Å². The first-order valence-corrected chi connectivity index (χ1v) is 10.1. The number of hydrogen-bond donors (Lipinski definition) is 0. The largest absolute Gasteiger partial charge is 0.343 e. The average Bonchev–Trinajstić information content (AvgIpc) is 2.99. The number of rotatable bonds is 4. The van der Waals surface area contributed by atoms with Crippen LogP contribution in [0.2, 0.25) is 5.02 Å². The summed E-state index contributed by atoms with van der Waals surface area (Å²) < 4.78 is 2.22. The van der Waals surface area contributed by atoms with E-state index in [2.05, 4.69) is 42.0 Å². The summed E-state index contributed by atoms with van der Waals surface area (Å²) in [5.74, 6) is 0.846. The van der Waals surface area contributed by atoms with Gasteiger partial charge in [0, 0.05) is 41.8 Å². The molecule has 0 saturated carbocycles. The molecular weight excluding hydrogens is 356 g/mol. The fourth-order valence-corrected chi connectivity index (χ4v) is 4.33. The Balaban J connectivity index is 1.60. The molecule has 4 rings (SSSR count). The maximum Gasteiger partial charge on any atom is 0.227 e. The Morgan fingerprint density at radius 2 is 2.04 bits per heavy atom. The molecule has 1 aliphatic rings. The van der Waals surface area contributed by atoms with Crippen molar-refractivity contribution in [1.29, 1.82) is 0 Å². The molecule has 1 saturated heterocycles. The molecule has 3 aromatic rings. The normalized spacial score (nSPS) is 17.4. The van der Waals surface area contributed by atoms with Gasteiger partial charge in [-0.1, -0.05) is 48.9 Å². The van der Waals surface area contributed by atoms with Crippen LogP contribution >= 0.6 is 11.6 Å². The summed E-state index contributed by atoms with van der Waals surface area (Å²) in [6.07, 6.45) is 4.94. The van der Waals surface area contributed by atoms with E-state index >= 15 is 0 Å². The van der Waals surface area contributed by atoms with Gasteiger partial charge >= 0.3 is 0 Å². The van der Waals surface area contributed by atoms with Crippen molar-refractivity contribution < 1.29 is 4.79 Å². The van der Waals surface area contributed by atoms with E-state index in [0.29, 0.717) is 12.3 Å². The number of amides is 1. The smallest absolute Gasteiger partial charge is 0.227 e. The van der Waals surface area contributed by atoms with Gasteiger partial charge in [-0.2, -0.15) is 0 Å². The van der Waals surface area contributed by atoms with Crippen LogP contribution in [-0.2, 0) is 17.8 Å². The van der Waals surface area contributed by atoms with E-state index in [1.165, 1.54) is 6.42 Å². The second-order valence-corrected chi connectivity index (χ2v) is 8.13. The number of halogens is 1. The molecule has 2 heterocycles. The van der Waals surface area contributed by atoms with Crippen molar-refractivity contribution in [1.82, 2.24) is 9.47 Å². The van der Waals surface area contributed by atoms with Crippen LogP contribution < -0.4 is 0 Å². The van der Waals surface area contributed by atoms with Crippen LogP contribution in [0.3, 0.4) is 0 Å². The van der Waals surface area contributed by atoms with Gasteiger partial charge in [-0.05, 0) is 48.1 Å². The van der Waals surface area contributed by atoms with E-state index in [4.69, 9.17) is 11.6 Å². The maximum atomic E-state index is 12.9. The number of nitrogens with zero attached hydrogens (tertiary/aromatic N) is 2. The zero-order chi connectivity index (χ0) is 18.8. The summed E-state index contributed by atoms with van der Waals surface area (Å²) >= 11 is 6.14. The van der Waals surface area contributed by atoms with Crippen LogP contribution in [0.1, 0.15) is 30.9 Å². The van der Waals surface area contributed by atoms with Crippen molar-refractivity contribution in [2.24, 2.45) is 5.92 Å². The van der Waals surface area contributed by atoms with E-state index in [9.17, 15) is 4.79 Å². The van der Waals surface area contributed by atoms with Crippen LogP contribution in [0.15, 0.2) is 54.7 Å². The highest BCUT2D eigenvalue weighted by Gasteiger charge is 2.22. The predicted octanol–water partition coefficient (Wildman–Crippen LogP) is 5.14. The number of aromatic nitrogens is 1. The van der Waals surface area contributed by atoms with Gasteiger partial charge in [-0.3, -0.25) is 4.79 Å². The third kappa shape index (κ3) is 4.03. The fraction of sp³-hybridized carbons (Fsp3) is 0.348. The van der Waals surface area contributed by atoms with E-state index in [0.717, 1.165) is 53.1 Å². The molecule has 1 amide bonds. The van der Waals surface area contributed by atoms with Crippen LogP contribution in [0.4, 0.5) is 0 Å². The number of benzene rings is 2. The van der Waals surface area contributed by atoms with Gasteiger partial charge in [0.25, 0.3) is 0 Å². The minimum Gasteiger partial charge on any atom is -0.343 e. The summed E-state index contributed by atoms with van der Waals surface area (Å²) in [6.45, 7) is 4.76. The molecule has 0 spiro atoms. The quantitative estimate of drug-likeness (QED) is 0.614. The number of fused-ring (bicyclic) bond motifs is 1. The number of carbonyl (C=O) groups excluding carboxylic acids is 1. The summed E-state index contributed by atoms with van der Waals surface area (Å²) in [4.78, 5) is 14.9. The topological polar surface area (TPSA) is 25.2 Å². The molecule has 140 valence electrons. The van der Waals surface area contributed by atoms with Crippen molar-refractivity contribution in [2.75, 3.05) is 13.1 Å². The Kier molecular flexibility index (Phi) is 5.22. The zero-order valence-electron chi connectivity index (χ0n) is 15.7. The number of carbonyl (C=O) groups is 1. The SMILES string of the molecule is C[C@@H]1CCCN(C(=O)Cc2cn(Cc3cccc(Cl)c3)c3ccccc23)C1. The fourth-order valence-electron chi connectivity index (χ4n) is 4.12. The Bertz CT molecular complexity index is 962. The zero-order valence-corrected chi connectivity index (χ0v) is 16.5. The number of piperidine rings is 1. The second kappa shape index (κ2) is 7.77. The molecular formula is C23H25ClN2O. The van der Waals surface area contributed by atoms with Gasteiger partial charge in [-0.15, -0.1) is 0 Å². The third-order valence-corrected chi connectivity index (χ3v) is 5.70. The summed E-state index contributed by atoms with van der Waals surface area (Å²) in [5.41, 5.74) is 3.43. The molecule has 4 heteroatoms. The monoisotopic (exact) mass is 380 g/mol. The molecule has 1 aromatic heterocycles. The highest BCUT2D eigenvalue weighted by molar-refractivity contribution is 6.30. The molecule has 3 nitrogen and oxygen atoms in total. The number of likely N-dealkylation sites (tertiary alicyclic amines) is 1. The van der Waals surface area contributed by atoms with Crippen molar-refractivity contribution in [3.05, 3.63) is 70.9 Å². The maximum absolute atomic E-state index is 12.9. The average molecular weight is 381 g/mol. The first-order valence-electron chi connectivity index (χ1n) is 9.69. The molecule has 0 radical (unpaired) electrons.